The molecule has 0 radical (unpaired) electrons. The van der Waals surface area contributed by atoms with Crippen molar-refractivity contribution in [2.45, 2.75) is 13.3 Å². The summed E-state index contributed by atoms with van der Waals surface area (Å²) in [5.74, 6) is 0.0197. The summed E-state index contributed by atoms with van der Waals surface area (Å²) in [5.41, 5.74) is 2.62. The van der Waals surface area contributed by atoms with E-state index in [1.165, 1.54) is 0 Å². The zero-order valence-corrected chi connectivity index (χ0v) is 13.5. The van der Waals surface area contributed by atoms with E-state index in [0.29, 0.717) is 23.3 Å². The van der Waals surface area contributed by atoms with E-state index in [1.54, 1.807) is 27.9 Å². The molecule has 1 aromatic carbocycles. The molecule has 0 spiro atoms. The van der Waals surface area contributed by atoms with Crippen LogP contribution in [-0.4, -0.2) is 38.9 Å². The first kappa shape index (κ1) is 15.1. The van der Waals surface area contributed by atoms with Gasteiger partial charge in [-0.05, 0) is 37.1 Å². The maximum atomic E-state index is 12.1. The monoisotopic (exact) mass is 336 g/mol. The summed E-state index contributed by atoms with van der Waals surface area (Å²) in [7, 11) is 0. The van der Waals surface area contributed by atoms with Gasteiger partial charge in [-0.15, -0.1) is 5.10 Å². The molecule has 0 N–H and O–H groups in total. The van der Waals surface area contributed by atoms with Crippen molar-refractivity contribution in [3.05, 3.63) is 46.2 Å². The lowest BCUT2D eigenvalue weighted by Gasteiger charge is -2.26. The first-order valence-corrected chi connectivity index (χ1v) is 7.71. The zero-order chi connectivity index (χ0) is 15.7. The van der Waals surface area contributed by atoms with Crippen LogP contribution in [0.25, 0.3) is 11.3 Å². The van der Waals surface area contributed by atoms with Gasteiger partial charge in [0.15, 0.2) is 5.15 Å². The Morgan fingerprint density at radius 3 is 2.77 bits per heavy atom. The smallest absolute Gasteiger partial charge is 0.246 e. The number of carbonyl (C=O) groups is 1. The topological polar surface area (TPSA) is 51.0 Å². The summed E-state index contributed by atoms with van der Waals surface area (Å²) >= 11 is 12.0. The molecule has 0 unspecified atom stereocenters. The van der Waals surface area contributed by atoms with Gasteiger partial charge < -0.3 is 4.90 Å². The second kappa shape index (κ2) is 6.10. The van der Waals surface area contributed by atoms with Gasteiger partial charge >= 0.3 is 0 Å². The molecule has 1 amide bonds. The summed E-state index contributed by atoms with van der Waals surface area (Å²) in [6, 6.07) is 5.47. The summed E-state index contributed by atoms with van der Waals surface area (Å²) in [6.07, 6.45) is 4.06. The highest BCUT2D eigenvalue weighted by Crippen LogP contribution is 2.30. The summed E-state index contributed by atoms with van der Waals surface area (Å²) < 4.78 is 1.59. The number of hydrogen-bond donors (Lipinski definition) is 0. The van der Waals surface area contributed by atoms with Crippen molar-refractivity contribution < 1.29 is 4.79 Å². The number of nitrogens with zero attached hydrogens (tertiary/aromatic N) is 4. The zero-order valence-electron chi connectivity index (χ0n) is 12.0. The van der Waals surface area contributed by atoms with Gasteiger partial charge in [0.25, 0.3) is 0 Å². The number of likely N-dealkylation sites (N-methyl/N-ethyl adjacent to an activating group) is 1. The Bertz CT molecular complexity index is 754. The Kier molecular flexibility index (Phi) is 4.18. The lowest BCUT2D eigenvalue weighted by atomic mass is 9.97. The third-order valence-corrected chi connectivity index (χ3v) is 4.07. The maximum absolute atomic E-state index is 12.1. The molecule has 2 heterocycles. The van der Waals surface area contributed by atoms with E-state index >= 15 is 0 Å². The second-order valence-corrected chi connectivity index (χ2v) is 5.81. The molecule has 22 heavy (non-hydrogen) atoms. The van der Waals surface area contributed by atoms with Crippen LogP contribution in [-0.2, 0) is 4.79 Å². The lowest BCUT2D eigenvalue weighted by Crippen LogP contribution is -2.33. The highest BCUT2D eigenvalue weighted by atomic mass is 35.5. The van der Waals surface area contributed by atoms with Crippen molar-refractivity contribution in [1.29, 1.82) is 0 Å². The van der Waals surface area contributed by atoms with E-state index < -0.39 is 0 Å². The van der Waals surface area contributed by atoms with Crippen molar-refractivity contribution in [3.63, 3.8) is 0 Å². The Balaban J connectivity index is 2.07. The highest BCUT2D eigenvalue weighted by Gasteiger charge is 2.20. The maximum Gasteiger partial charge on any atom is 0.246 e. The fraction of sp³-hybridized carbons (Fsp3) is 0.267. The molecule has 0 aliphatic carbocycles. The molecule has 0 saturated heterocycles. The number of aromatic nitrogens is 3. The molecule has 1 aliphatic heterocycles. The van der Waals surface area contributed by atoms with Crippen LogP contribution >= 0.6 is 23.2 Å². The van der Waals surface area contributed by atoms with Crippen LogP contribution in [0, 0.1) is 0 Å². The minimum Gasteiger partial charge on any atom is -0.339 e. The van der Waals surface area contributed by atoms with Gasteiger partial charge in [-0.3, -0.25) is 4.79 Å². The normalized spacial score (nSPS) is 15.1. The van der Waals surface area contributed by atoms with Crippen LogP contribution in [0.2, 0.25) is 10.2 Å². The number of carbonyl (C=O) groups excluding carboxylic acids is 1. The van der Waals surface area contributed by atoms with Crippen molar-refractivity contribution in [2.75, 3.05) is 13.1 Å². The van der Waals surface area contributed by atoms with Gasteiger partial charge in [-0.2, -0.15) is 0 Å². The number of hydrogen-bond acceptors (Lipinski definition) is 3. The quantitative estimate of drug-likeness (QED) is 0.864. The minimum absolute atomic E-state index is 0.0197. The summed E-state index contributed by atoms with van der Waals surface area (Å²) in [6.45, 7) is 3.38. The molecule has 114 valence electrons. The van der Waals surface area contributed by atoms with Crippen molar-refractivity contribution >= 4 is 34.7 Å². The predicted molar refractivity (Wildman–Crippen MR) is 86.2 cm³/mol. The first-order chi connectivity index (χ1) is 10.6. The third kappa shape index (κ3) is 2.87. The highest BCUT2D eigenvalue weighted by molar-refractivity contribution is 6.31. The predicted octanol–water partition coefficient (Wildman–Crippen LogP) is 3.21. The Morgan fingerprint density at radius 1 is 1.32 bits per heavy atom. The molecule has 0 saturated carbocycles. The largest absolute Gasteiger partial charge is 0.339 e. The van der Waals surface area contributed by atoms with E-state index in [4.69, 9.17) is 23.2 Å². The molecular weight excluding hydrogens is 323 g/mol. The van der Waals surface area contributed by atoms with Gasteiger partial charge in [0.2, 0.25) is 5.91 Å². The van der Waals surface area contributed by atoms with Crippen LogP contribution in [0.1, 0.15) is 18.9 Å². The van der Waals surface area contributed by atoms with E-state index in [0.717, 1.165) is 23.2 Å². The molecule has 0 fully saturated rings. The molecule has 1 aliphatic rings. The number of rotatable bonds is 3. The SMILES string of the molecule is CCN1CCC(c2cc(Cl)ccc2-n2cc(Cl)nn2)=CC1=O. The first-order valence-electron chi connectivity index (χ1n) is 6.96. The number of benzene rings is 1. The van der Waals surface area contributed by atoms with Crippen LogP contribution in [0.15, 0.2) is 30.5 Å². The van der Waals surface area contributed by atoms with Crippen molar-refractivity contribution in [1.82, 2.24) is 19.9 Å². The molecule has 3 rings (SSSR count). The Morgan fingerprint density at radius 2 is 2.14 bits per heavy atom. The van der Waals surface area contributed by atoms with Gasteiger partial charge in [-0.25, -0.2) is 4.68 Å². The van der Waals surface area contributed by atoms with Crippen molar-refractivity contribution in [3.8, 4) is 5.69 Å². The fourth-order valence-electron chi connectivity index (χ4n) is 2.53. The molecule has 5 nitrogen and oxygen atoms in total. The summed E-state index contributed by atoms with van der Waals surface area (Å²) in [4.78, 5) is 13.9. The number of halogens is 2. The lowest BCUT2D eigenvalue weighted by molar-refractivity contribution is -0.126. The van der Waals surface area contributed by atoms with Gasteiger partial charge in [0.1, 0.15) is 0 Å². The van der Waals surface area contributed by atoms with E-state index in [-0.39, 0.29) is 5.91 Å². The van der Waals surface area contributed by atoms with Crippen LogP contribution < -0.4 is 0 Å². The van der Waals surface area contributed by atoms with E-state index in [2.05, 4.69) is 10.3 Å². The van der Waals surface area contributed by atoms with Gasteiger partial charge in [0.05, 0.1) is 11.9 Å². The van der Waals surface area contributed by atoms with Crippen LogP contribution in [0.3, 0.4) is 0 Å². The summed E-state index contributed by atoms with van der Waals surface area (Å²) in [5, 5.41) is 8.70. The standard InChI is InChI=1S/C15H14Cl2N4O/c1-2-20-6-5-10(7-15(20)22)12-8-11(16)3-4-13(12)21-9-14(17)18-19-21/h3-4,7-9H,2,5-6H2,1H3. The third-order valence-electron chi connectivity index (χ3n) is 3.66. The second-order valence-electron chi connectivity index (χ2n) is 4.98. The van der Waals surface area contributed by atoms with Gasteiger partial charge in [-0.1, -0.05) is 28.4 Å². The Hall–Kier alpha value is -1.85. The van der Waals surface area contributed by atoms with E-state index in [9.17, 15) is 4.79 Å². The molecule has 7 heteroatoms. The molecular formula is C15H14Cl2N4O. The van der Waals surface area contributed by atoms with Gasteiger partial charge in [0, 0.05) is 29.8 Å². The molecule has 2 aromatic rings. The number of amides is 1. The average Bonchev–Trinajstić information content (AvgIpc) is 2.93. The van der Waals surface area contributed by atoms with E-state index in [1.807, 2.05) is 19.1 Å². The Labute approximate surface area is 138 Å². The molecule has 1 aromatic heterocycles. The van der Waals surface area contributed by atoms with Crippen LogP contribution in [0.5, 0.6) is 0 Å². The minimum atomic E-state index is 0.0197. The molecule has 0 bridgehead atoms. The van der Waals surface area contributed by atoms with Crippen LogP contribution in [0.4, 0.5) is 0 Å². The average molecular weight is 337 g/mol. The molecule has 0 atom stereocenters. The van der Waals surface area contributed by atoms with Crippen molar-refractivity contribution in [2.24, 2.45) is 0 Å². The fourth-order valence-corrected chi connectivity index (χ4v) is 2.83.